The van der Waals surface area contributed by atoms with Crippen LogP contribution in [0.2, 0.25) is 0 Å². The molecule has 0 saturated carbocycles. The SMILES string of the molecule is COc1ccc(C(C)NCC2COC(C)(C)O2)c(O)c1. The smallest absolute Gasteiger partial charge is 0.163 e. The van der Waals surface area contributed by atoms with Crippen molar-refractivity contribution in [2.75, 3.05) is 20.3 Å². The molecule has 1 aliphatic heterocycles. The highest BCUT2D eigenvalue weighted by atomic mass is 16.7. The van der Waals surface area contributed by atoms with Crippen molar-refractivity contribution >= 4 is 0 Å². The lowest BCUT2D eigenvalue weighted by Gasteiger charge is -2.20. The van der Waals surface area contributed by atoms with Crippen LogP contribution in [0.5, 0.6) is 11.5 Å². The Morgan fingerprint density at radius 3 is 2.80 bits per heavy atom. The van der Waals surface area contributed by atoms with E-state index in [9.17, 15) is 5.11 Å². The molecule has 0 bridgehead atoms. The minimum Gasteiger partial charge on any atom is -0.507 e. The molecule has 0 aliphatic carbocycles. The van der Waals surface area contributed by atoms with E-state index in [4.69, 9.17) is 14.2 Å². The molecule has 2 rings (SSSR count). The minimum atomic E-state index is -0.502. The molecule has 112 valence electrons. The van der Waals surface area contributed by atoms with Crippen LogP contribution in [0.15, 0.2) is 18.2 Å². The predicted molar refractivity (Wildman–Crippen MR) is 76.0 cm³/mol. The van der Waals surface area contributed by atoms with Crippen molar-refractivity contribution < 1.29 is 19.3 Å². The van der Waals surface area contributed by atoms with Crippen LogP contribution < -0.4 is 10.1 Å². The van der Waals surface area contributed by atoms with Crippen molar-refractivity contribution in [2.24, 2.45) is 0 Å². The van der Waals surface area contributed by atoms with Crippen LogP contribution in [0.3, 0.4) is 0 Å². The van der Waals surface area contributed by atoms with E-state index >= 15 is 0 Å². The van der Waals surface area contributed by atoms with Gasteiger partial charge < -0.3 is 24.6 Å². The normalized spacial score (nSPS) is 22.7. The number of ether oxygens (including phenoxy) is 3. The highest BCUT2D eigenvalue weighted by molar-refractivity contribution is 5.41. The molecule has 20 heavy (non-hydrogen) atoms. The molecular weight excluding hydrogens is 258 g/mol. The first kappa shape index (κ1) is 15.1. The molecule has 5 heteroatoms. The molecule has 2 unspecified atom stereocenters. The largest absolute Gasteiger partial charge is 0.507 e. The summed E-state index contributed by atoms with van der Waals surface area (Å²) < 4.78 is 16.3. The first-order chi connectivity index (χ1) is 9.41. The van der Waals surface area contributed by atoms with Crippen molar-refractivity contribution in [3.63, 3.8) is 0 Å². The van der Waals surface area contributed by atoms with E-state index in [1.807, 2.05) is 32.9 Å². The number of phenols is 1. The lowest BCUT2D eigenvalue weighted by atomic mass is 10.1. The highest BCUT2D eigenvalue weighted by Crippen LogP contribution is 2.28. The molecule has 0 aromatic heterocycles. The molecule has 2 atom stereocenters. The third-order valence-electron chi connectivity index (χ3n) is 3.42. The van der Waals surface area contributed by atoms with E-state index in [-0.39, 0.29) is 17.9 Å². The van der Waals surface area contributed by atoms with Gasteiger partial charge in [-0.05, 0) is 26.8 Å². The minimum absolute atomic E-state index is 0.0215. The summed E-state index contributed by atoms with van der Waals surface area (Å²) in [5.41, 5.74) is 0.837. The third kappa shape index (κ3) is 3.62. The molecule has 0 radical (unpaired) electrons. The number of aromatic hydroxyl groups is 1. The van der Waals surface area contributed by atoms with Gasteiger partial charge in [-0.1, -0.05) is 6.07 Å². The number of nitrogens with one attached hydrogen (secondary N) is 1. The Balaban J connectivity index is 1.90. The van der Waals surface area contributed by atoms with Crippen LogP contribution in [-0.2, 0) is 9.47 Å². The molecular formula is C15H23NO4. The maximum Gasteiger partial charge on any atom is 0.163 e. The number of benzene rings is 1. The Labute approximate surface area is 119 Å². The van der Waals surface area contributed by atoms with E-state index in [1.165, 1.54) is 0 Å². The van der Waals surface area contributed by atoms with Gasteiger partial charge in [0.1, 0.15) is 11.5 Å². The molecule has 1 aliphatic rings. The first-order valence-electron chi connectivity index (χ1n) is 6.83. The highest BCUT2D eigenvalue weighted by Gasteiger charge is 2.32. The van der Waals surface area contributed by atoms with Crippen molar-refractivity contribution in [3.05, 3.63) is 23.8 Å². The maximum atomic E-state index is 9.99. The topological polar surface area (TPSA) is 60.0 Å². The van der Waals surface area contributed by atoms with Gasteiger partial charge in [-0.15, -0.1) is 0 Å². The monoisotopic (exact) mass is 281 g/mol. The van der Waals surface area contributed by atoms with Crippen molar-refractivity contribution in [3.8, 4) is 11.5 Å². The van der Waals surface area contributed by atoms with Crippen LogP contribution in [0, 0.1) is 0 Å². The van der Waals surface area contributed by atoms with Gasteiger partial charge in [0, 0.05) is 24.2 Å². The first-order valence-corrected chi connectivity index (χ1v) is 6.83. The summed E-state index contributed by atoms with van der Waals surface area (Å²) >= 11 is 0. The zero-order valence-electron chi connectivity index (χ0n) is 12.5. The Hall–Kier alpha value is -1.30. The fourth-order valence-electron chi connectivity index (χ4n) is 2.30. The standard InChI is InChI=1S/C15H23NO4/c1-10(13-6-5-11(18-4)7-14(13)17)16-8-12-9-19-15(2,3)20-12/h5-7,10,12,16-17H,8-9H2,1-4H3. The Morgan fingerprint density at radius 1 is 1.50 bits per heavy atom. The van der Waals surface area contributed by atoms with Crippen LogP contribution in [0.25, 0.3) is 0 Å². The second-order valence-corrected chi connectivity index (χ2v) is 5.51. The van der Waals surface area contributed by atoms with E-state index in [2.05, 4.69) is 5.32 Å². The zero-order valence-corrected chi connectivity index (χ0v) is 12.5. The summed E-state index contributed by atoms with van der Waals surface area (Å²) in [5, 5.41) is 13.3. The van der Waals surface area contributed by atoms with E-state index < -0.39 is 5.79 Å². The number of hydrogen-bond acceptors (Lipinski definition) is 5. The quantitative estimate of drug-likeness (QED) is 0.866. The summed E-state index contributed by atoms with van der Waals surface area (Å²) in [5.74, 6) is 0.374. The van der Waals surface area contributed by atoms with Crippen LogP contribution >= 0.6 is 0 Å². The lowest BCUT2D eigenvalue weighted by molar-refractivity contribution is -0.137. The number of phenolic OH excluding ortho intramolecular Hbond substituents is 1. The van der Waals surface area contributed by atoms with Gasteiger partial charge in [0.05, 0.1) is 19.8 Å². The summed E-state index contributed by atoms with van der Waals surface area (Å²) in [7, 11) is 1.58. The van der Waals surface area contributed by atoms with E-state index in [1.54, 1.807) is 13.2 Å². The molecule has 1 aromatic rings. The Kier molecular flexibility index (Phi) is 4.52. The van der Waals surface area contributed by atoms with E-state index in [0.29, 0.717) is 18.9 Å². The summed E-state index contributed by atoms with van der Waals surface area (Å²) in [6, 6.07) is 5.34. The van der Waals surface area contributed by atoms with Gasteiger partial charge in [0.15, 0.2) is 5.79 Å². The summed E-state index contributed by atoms with van der Waals surface area (Å²) in [6.07, 6.45) is 0.0350. The summed E-state index contributed by atoms with van der Waals surface area (Å²) in [6.45, 7) is 7.08. The number of methoxy groups -OCH3 is 1. The molecule has 1 fully saturated rings. The molecule has 0 amide bonds. The molecule has 2 N–H and O–H groups in total. The fourth-order valence-corrected chi connectivity index (χ4v) is 2.30. The van der Waals surface area contributed by atoms with Crippen LogP contribution in [-0.4, -0.2) is 37.3 Å². The molecule has 1 aromatic carbocycles. The van der Waals surface area contributed by atoms with Crippen LogP contribution in [0.1, 0.15) is 32.4 Å². The van der Waals surface area contributed by atoms with Gasteiger partial charge in [0.2, 0.25) is 0 Å². The van der Waals surface area contributed by atoms with Gasteiger partial charge in [0.25, 0.3) is 0 Å². The molecule has 0 spiro atoms. The molecule has 1 saturated heterocycles. The van der Waals surface area contributed by atoms with Gasteiger partial charge in [-0.25, -0.2) is 0 Å². The van der Waals surface area contributed by atoms with Crippen molar-refractivity contribution in [1.29, 1.82) is 0 Å². The average Bonchev–Trinajstić information content (AvgIpc) is 2.75. The zero-order chi connectivity index (χ0) is 14.8. The molecule has 5 nitrogen and oxygen atoms in total. The summed E-state index contributed by atoms with van der Waals surface area (Å²) in [4.78, 5) is 0. The van der Waals surface area contributed by atoms with Gasteiger partial charge in [-0.3, -0.25) is 0 Å². The number of hydrogen-bond donors (Lipinski definition) is 2. The van der Waals surface area contributed by atoms with Crippen molar-refractivity contribution in [1.82, 2.24) is 5.32 Å². The second kappa shape index (κ2) is 5.99. The van der Waals surface area contributed by atoms with E-state index in [0.717, 1.165) is 5.56 Å². The fraction of sp³-hybridized carbons (Fsp3) is 0.600. The number of rotatable bonds is 5. The van der Waals surface area contributed by atoms with Crippen LogP contribution in [0.4, 0.5) is 0 Å². The second-order valence-electron chi connectivity index (χ2n) is 5.51. The maximum absolute atomic E-state index is 9.99. The third-order valence-corrected chi connectivity index (χ3v) is 3.42. The van der Waals surface area contributed by atoms with Gasteiger partial charge >= 0.3 is 0 Å². The molecule has 1 heterocycles. The Morgan fingerprint density at radius 2 is 2.25 bits per heavy atom. The Bertz CT molecular complexity index is 461. The average molecular weight is 281 g/mol. The predicted octanol–water partition coefficient (Wildman–Crippen LogP) is 2.20. The lowest BCUT2D eigenvalue weighted by Crippen LogP contribution is -2.32. The van der Waals surface area contributed by atoms with Gasteiger partial charge in [-0.2, -0.15) is 0 Å². The van der Waals surface area contributed by atoms with Crippen molar-refractivity contribution in [2.45, 2.75) is 38.7 Å².